The number of carboxylic acid groups (broad SMARTS) is 1. The summed E-state index contributed by atoms with van der Waals surface area (Å²) in [5.74, 6) is -0.570. The molecule has 0 unspecified atom stereocenters. The Hall–Kier alpha value is -2.37. The van der Waals surface area contributed by atoms with Crippen molar-refractivity contribution in [1.82, 2.24) is 9.78 Å². The van der Waals surface area contributed by atoms with E-state index in [1.54, 1.807) is 22.9 Å². The van der Waals surface area contributed by atoms with Crippen LogP contribution in [0.25, 0.3) is 0 Å². The van der Waals surface area contributed by atoms with Crippen molar-refractivity contribution in [2.24, 2.45) is 0 Å². The van der Waals surface area contributed by atoms with Crippen molar-refractivity contribution >= 4 is 46.6 Å². The molecule has 1 heterocycles. The van der Waals surface area contributed by atoms with Gasteiger partial charge >= 0.3 is 171 Å². The third-order valence-electron chi connectivity index (χ3n) is 3.76. The monoisotopic (exact) mass is 489 g/mol. The molecule has 0 atom stereocenters. The van der Waals surface area contributed by atoms with E-state index in [1.807, 2.05) is 30.3 Å². The average molecular weight is 490 g/mol. The molecule has 1 N–H and O–H groups in total. The number of halogens is 1. The topological polar surface area (TPSA) is 81.4 Å². The van der Waals surface area contributed by atoms with Crippen molar-refractivity contribution in [3.8, 4) is 5.88 Å². The number of hydrogen-bond donors (Lipinski definition) is 1. The summed E-state index contributed by atoms with van der Waals surface area (Å²) in [6, 6.07) is 16.2. The van der Waals surface area contributed by atoms with Gasteiger partial charge < -0.3 is 0 Å². The second-order valence-electron chi connectivity index (χ2n) is 5.60. The zero-order valence-electron chi connectivity index (χ0n) is 14.3. The Balaban J connectivity index is 1.85. The van der Waals surface area contributed by atoms with E-state index in [2.05, 4.69) is 21.0 Å². The van der Waals surface area contributed by atoms with Gasteiger partial charge in [-0.1, -0.05) is 0 Å². The Morgan fingerprint density at radius 2 is 1.93 bits per heavy atom. The second kappa shape index (κ2) is 8.54. The molecule has 27 heavy (non-hydrogen) atoms. The first-order valence-electron chi connectivity index (χ1n) is 7.92. The summed E-state index contributed by atoms with van der Waals surface area (Å²) in [5.41, 5.74) is 1.45. The van der Waals surface area contributed by atoms with Crippen molar-refractivity contribution in [3.05, 3.63) is 75.9 Å². The molecule has 1 aromatic heterocycles. The van der Waals surface area contributed by atoms with E-state index in [1.165, 1.54) is 13.2 Å². The van der Waals surface area contributed by atoms with Gasteiger partial charge in [0.15, 0.2) is 0 Å². The van der Waals surface area contributed by atoms with Crippen molar-refractivity contribution < 1.29 is 19.4 Å². The zero-order chi connectivity index (χ0) is 19.4. The van der Waals surface area contributed by atoms with Crippen molar-refractivity contribution in [2.75, 3.05) is 7.11 Å². The first-order chi connectivity index (χ1) is 13.0. The molecular weight excluding hydrogens is 475 g/mol. The summed E-state index contributed by atoms with van der Waals surface area (Å²) in [6.07, 6.45) is 0. The molecule has 8 heteroatoms. The van der Waals surface area contributed by atoms with E-state index in [0.717, 1.165) is 5.56 Å². The number of carboxylic acids is 1. The Bertz CT molecular complexity index is 989. The van der Waals surface area contributed by atoms with Gasteiger partial charge in [0.2, 0.25) is 0 Å². The van der Waals surface area contributed by atoms with Crippen molar-refractivity contribution in [2.45, 2.75) is 6.54 Å². The van der Waals surface area contributed by atoms with Gasteiger partial charge in [-0.2, -0.15) is 0 Å². The van der Waals surface area contributed by atoms with Gasteiger partial charge in [-0.05, 0) is 0 Å². The SMILES string of the molecule is COc1cc(C(=O)[As]c2ccc(Br)cc2C(=O)O)nn1Cc1ccccc1. The van der Waals surface area contributed by atoms with Gasteiger partial charge in [0.05, 0.1) is 0 Å². The van der Waals surface area contributed by atoms with Crippen molar-refractivity contribution in [1.29, 1.82) is 0 Å². The van der Waals surface area contributed by atoms with Gasteiger partial charge in [0.25, 0.3) is 0 Å². The zero-order valence-corrected chi connectivity index (χ0v) is 17.8. The quantitative estimate of drug-likeness (QED) is 0.516. The van der Waals surface area contributed by atoms with Crippen LogP contribution in [0.2, 0.25) is 0 Å². The van der Waals surface area contributed by atoms with Crippen LogP contribution >= 0.6 is 15.9 Å². The molecule has 0 aliphatic heterocycles. The maximum atomic E-state index is 12.7. The van der Waals surface area contributed by atoms with E-state index >= 15 is 0 Å². The molecule has 137 valence electrons. The number of carbonyl (C=O) groups is 2. The summed E-state index contributed by atoms with van der Waals surface area (Å²) in [4.78, 5) is 24.2. The third kappa shape index (κ3) is 4.67. The summed E-state index contributed by atoms with van der Waals surface area (Å²) >= 11 is 2.21. The van der Waals surface area contributed by atoms with Crippen LogP contribution < -0.4 is 9.09 Å². The van der Waals surface area contributed by atoms with Crippen LogP contribution in [-0.2, 0) is 6.54 Å². The number of carbonyl (C=O) groups excluding carboxylic acids is 1. The first kappa shape index (κ1) is 19.4. The first-order valence-corrected chi connectivity index (χ1v) is 10.6. The number of methoxy groups -OCH3 is 1. The van der Waals surface area contributed by atoms with Crippen LogP contribution in [-0.4, -0.2) is 48.3 Å². The predicted octanol–water partition coefficient (Wildman–Crippen LogP) is 2.57. The molecule has 0 bridgehead atoms. The van der Waals surface area contributed by atoms with E-state index in [-0.39, 0.29) is 15.8 Å². The Kier molecular flexibility index (Phi) is 6.14. The number of aromatic carboxylic acids is 1. The Morgan fingerprint density at radius 1 is 1.19 bits per heavy atom. The third-order valence-corrected chi connectivity index (χ3v) is 6.48. The normalized spacial score (nSPS) is 11.0. The molecule has 0 spiro atoms. The van der Waals surface area contributed by atoms with Crippen LogP contribution in [0, 0.1) is 0 Å². The fraction of sp³-hybridized carbons (Fsp3) is 0.105. The molecule has 0 aliphatic carbocycles. The number of benzene rings is 2. The van der Waals surface area contributed by atoms with Crippen LogP contribution in [0.3, 0.4) is 0 Å². The average Bonchev–Trinajstić information content (AvgIpc) is 3.07. The van der Waals surface area contributed by atoms with E-state index in [4.69, 9.17) is 4.74 Å². The molecule has 0 saturated carbocycles. The molecule has 6 nitrogen and oxygen atoms in total. The van der Waals surface area contributed by atoms with Crippen LogP contribution in [0.1, 0.15) is 26.4 Å². The van der Waals surface area contributed by atoms with Crippen LogP contribution in [0.5, 0.6) is 5.88 Å². The summed E-state index contributed by atoms with van der Waals surface area (Å²) < 4.78 is 7.97. The van der Waals surface area contributed by atoms with Crippen LogP contribution in [0.4, 0.5) is 0 Å². The molecular formula is C19H15AsBrN2O4. The minimum absolute atomic E-state index is 0.133. The van der Waals surface area contributed by atoms with E-state index < -0.39 is 21.7 Å². The number of hydrogen-bond acceptors (Lipinski definition) is 4. The van der Waals surface area contributed by atoms with E-state index in [9.17, 15) is 14.7 Å². The molecule has 0 amide bonds. The predicted molar refractivity (Wildman–Crippen MR) is 105 cm³/mol. The van der Waals surface area contributed by atoms with Crippen molar-refractivity contribution in [3.63, 3.8) is 0 Å². The summed E-state index contributed by atoms with van der Waals surface area (Å²) in [5, 5.41) is 13.7. The summed E-state index contributed by atoms with van der Waals surface area (Å²) in [6.45, 7) is 0.479. The number of ether oxygens (including phenoxy) is 1. The van der Waals surface area contributed by atoms with Gasteiger partial charge in [0, 0.05) is 0 Å². The fourth-order valence-electron chi connectivity index (χ4n) is 2.48. The van der Waals surface area contributed by atoms with Crippen LogP contribution in [0.15, 0.2) is 59.1 Å². The van der Waals surface area contributed by atoms with Gasteiger partial charge in [-0.3, -0.25) is 0 Å². The minimum atomic E-state index is -1.05. The standard InChI is InChI=1S/C19H15AsBrN2O4/c1-27-17-10-16(22-23(17)11-12-5-3-2-4-6-12)18(24)20-15-8-7-13(21)9-14(15)19(25)26/h2-10H,11H2,1H3,(H,25,26). The molecule has 2 aromatic carbocycles. The number of rotatable bonds is 7. The molecule has 3 aromatic rings. The van der Waals surface area contributed by atoms with Gasteiger partial charge in [0.1, 0.15) is 0 Å². The molecule has 0 fully saturated rings. The number of aromatic nitrogens is 2. The molecule has 1 radical (unpaired) electrons. The molecule has 0 aliphatic rings. The fourth-order valence-corrected chi connectivity index (χ4v) is 4.67. The maximum absolute atomic E-state index is 12.7. The van der Waals surface area contributed by atoms with Gasteiger partial charge in [-0.15, -0.1) is 0 Å². The van der Waals surface area contributed by atoms with E-state index in [0.29, 0.717) is 21.2 Å². The Morgan fingerprint density at radius 3 is 2.59 bits per heavy atom. The second-order valence-corrected chi connectivity index (χ2v) is 8.85. The Labute approximate surface area is 171 Å². The molecule has 3 rings (SSSR count). The summed E-state index contributed by atoms with van der Waals surface area (Å²) in [7, 11) is 1.53. The number of nitrogens with zero attached hydrogens (tertiary/aromatic N) is 2. The molecule has 0 saturated heterocycles. The van der Waals surface area contributed by atoms with Gasteiger partial charge in [-0.25, -0.2) is 0 Å².